The van der Waals surface area contributed by atoms with E-state index < -0.39 is 8.07 Å². The molecule has 248 valence electrons. The van der Waals surface area contributed by atoms with Gasteiger partial charge in [0.25, 0.3) is 0 Å². The van der Waals surface area contributed by atoms with Crippen LogP contribution < -0.4 is 19.9 Å². The van der Waals surface area contributed by atoms with Gasteiger partial charge in [0.15, 0.2) is 0 Å². The third-order valence-corrected chi connectivity index (χ3v) is 10.4. The van der Waals surface area contributed by atoms with Gasteiger partial charge in [-0.3, -0.25) is 0 Å². The van der Waals surface area contributed by atoms with E-state index in [1.807, 2.05) is 10.9 Å². The summed E-state index contributed by atoms with van der Waals surface area (Å²) < 4.78 is 14.7. The van der Waals surface area contributed by atoms with Gasteiger partial charge in [0.1, 0.15) is 18.7 Å². The van der Waals surface area contributed by atoms with Crippen LogP contribution >= 0.6 is 0 Å². The monoisotopic (exact) mass is 636 g/mol. The molecule has 4 heterocycles. The summed E-state index contributed by atoms with van der Waals surface area (Å²) in [5.74, 6) is 1.05. The first-order chi connectivity index (χ1) is 21.3. The predicted molar refractivity (Wildman–Crippen MR) is 187 cm³/mol. The third kappa shape index (κ3) is 8.75. The molecule has 1 atom stereocenters. The fraction of sp³-hybridized carbons (Fsp3) is 0.676. The van der Waals surface area contributed by atoms with Gasteiger partial charge < -0.3 is 29.5 Å². The van der Waals surface area contributed by atoms with Crippen molar-refractivity contribution < 1.29 is 9.47 Å². The average molecular weight is 637 g/mol. The summed E-state index contributed by atoms with van der Waals surface area (Å²) in [5.41, 5.74) is 6.04. The van der Waals surface area contributed by atoms with Gasteiger partial charge in [0.05, 0.1) is 29.6 Å². The van der Waals surface area contributed by atoms with E-state index in [1.54, 1.807) is 0 Å². The van der Waals surface area contributed by atoms with Gasteiger partial charge in [-0.15, -0.1) is 0 Å². The van der Waals surface area contributed by atoms with Gasteiger partial charge in [-0.25, -0.2) is 4.68 Å². The molecule has 1 N–H and O–H groups in total. The van der Waals surface area contributed by atoms with Crippen molar-refractivity contribution in [3.8, 4) is 6.01 Å². The maximum Gasteiger partial charge on any atom is 0.318 e. The van der Waals surface area contributed by atoms with Crippen LogP contribution in [0, 0.1) is 12.3 Å². The van der Waals surface area contributed by atoms with E-state index in [1.165, 1.54) is 16.8 Å². The molecule has 0 unspecified atom stereocenters. The van der Waals surface area contributed by atoms with Crippen LogP contribution in [0.25, 0.3) is 10.9 Å². The summed E-state index contributed by atoms with van der Waals surface area (Å²) in [6, 6.07) is 6.04. The first-order valence-corrected chi connectivity index (χ1v) is 20.4. The smallest absolute Gasteiger partial charge is 0.318 e. The Balaban J connectivity index is 1.44. The average Bonchev–Trinajstić information content (AvgIpc) is 3.36. The van der Waals surface area contributed by atoms with Gasteiger partial charge in [0.2, 0.25) is 0 Å². The quantitative estimate of drug-likeness (QED) is 0.214. The Bertz CT molecular complexity index is 1440. The Kier molecular flexibility index (Phi) is 10.4. The lowest BCUT2D eigenvalue weighted by Crippen LogP contribution is -2.45. The second kappa shape index (κ2) is 13.9. The molecule has 0 aliphatic carbocycles. The summed E-state index contributed by atoms with van der Waals surface area (Å²) in [6.45, 7) is 23.6. The van der Waals surface area contributed by atoms with Crippen molar-refractivity contribution in [2.45, 2.75) is 85.6 Å². The minimum absolute atomic E-state index is 0.00316. The van der Waals surface area contributed by atoms with Crippen LogP contribution in [0.2, 0.25) is 25.7 Å². The number of rotatable bonds is 12. The van der Waals surface area contributed by atoms with Crippen LogP contribution in [0.3, 0.4) is 0 Å². The van der Waals surface area contributed by atoms with Crippen LogP contribution in [0.15, 0.2) is 18.3 Å². The van der Waals surface area contributed by atoms with E-state index in [2.05, 4.69) is 93.6 Å². The van der Waals surface area contributed by atoms with E-state index in [0.29, 0.717) is 19.3 Å². The lowest BCUT2D eigenvalue weighted by Gasteiger charge is -2.36. The molecule has 0 amide bonds. The number of nitrogens with zero attached hydrogens (tertiary/aromatic N) is 7. The van der Waals surface area contributed by atoms with Crippen LogP contribution in [0.5, 0.6) is 6.01 Å². The molecule has 2 aliphatic rings. The lowest BCUT2D eigenvalue weighted by atomic mass is 9.89. The molecule has 0 saturated carbocycles. The van der Waals surface area contributed by atoms with E-state index in [9.17, 15) is 0 Å². The summed E-state index contributed by atoms with van der Waals surface area (Å²) >= 11 is 0. The largest absolute Gasteiger partial charge is 0.459 e. The third-order valence-electron chi connectivity index (χ3n) is 8.65. The first kappa shape index (κ1) is 33.6. The van der Waals surface area contributed by atoms with Crippen LogP contribution in [-0.2, 0) is 24.4 Å². The Hall–Kier alpha value is -2.73. The molecule has 2 aromatic heterocycles. The minimum Gasteiger partial charge on any atom is -0.459 e. The number of likely N-dealkylation sites (N-methyl/N-ethyl adjacent to an activating group) is 1. The molecule has 0 bridgehead atoms. The van der Waals surface area contributed by atoms with Gasteiger partial charge in [-0.1, -0.05) is 46.5 Å². The van der Waals surface area contributed by atoms with E-state index >= 15 is 0 Å². The molecule has 2 aliphatic heterocycles. The number of hydrogen-bond acceptors (Lipinski definition) is 9. The molecule has 1 fully saturated rings. The second-order valence-electron chi connectivity index (χ2n) is 15.6. The highest BCUT2D eigenvalue weighted by molar-refractivity contribution is 6.76. The molecule has 0 spiro atoms. The van der Waals surface area contributed by atoms with Crippen molar-refractivity contribution >= 4 is 30.5 Å². The molecular weight excluding hydrogens is 581 g/mol. The minimum atomic E-state index is -1.14. The zero-order chi connectivity index (χ0) is 32.4. The number of nitrogens with one attached hydrogen (secondary N) is 1. The van der Waals surface area contributed by atoms with Crippen LogP contribution in [-0.4, -0.2) is 98.8 Å². The zero-order valence-electron chi connectivity index (χ0n) is 29.2. The van der Waals surface area contributed by atoms with Crippen molar-refractivity contribution in [2.24, 2.45) is 5.41 Å². The number of anilines is 2. The number of fused-ring (bicyclic) bond motifs is 2. The molecule has 5 rings (SSSR count). The second-order valence-corrected chi connectivity index (χ2v) is 21.2. The predicted octanol–water partition coefficient (Wildman–Crippen LogP) is 5.16. The number of piperazine rings is 1. The van der Waals surface area contributed by atoms with Crippen molar-refractivity contribution in [1.82, 2.24) is 30.0 Å². The number of benzene rings is 1. The topological polar surface area (TPSA) is 83.8 Å². The zero-order valence-corrected chi connectivity index (χ0v) is 30.2. The summed E-state index contributed by atoms with van der Waals surface area (Å²) in [5, 5.41) is 9.41. The Morgan fingerprint density at radius 1 is 1.04 bits per heavy atom. The summed E-state index contributed by atoms with van der Waals surface area (Å²) in [4.78, 5) is 17.3. The Labute approximate surface area is 271 Å². The van der Waals surface area contributed by atoms with Crippen molar-refractivity contribution in [3.63, 3.8) is 0 Å². The van der Waals surface area contributed by atoms with Gasteiger partial charge >= 0.3 is 6.01 Å². The fourth-order valence-corrected chi connectivity index (χ4v) is 7.21. The first-order valence-electron chi connectivity index (χ1n) is 16.7. The molecule has 45 heavy (non-hydrogen) atoms. The highest BCUT2D eigenvalue weighted by Crippen LogP contribution is 2.36. The number of hydrogen-bond donors (Lipinski definition) is 1. The van der Waals surface area contributed by atoms with Crippen molar-refractivity contribution in [2.75, 3.05) is 69.8 Å². The van der Waals surface area contributed by atoms with Gasteiger partial charge in [-0.2, -0.15) is 15.1 Å². The normalized spacial score (nSPS) is 16.8. The number of ether oxygens (including phenoxy) is 2. The van der Waals surface area contributed by atoms with E-state index in [0.717, 1.165) is 87.2 Å². The molecule has 10 nitrogen and oxygen atoms in total. The maximum absolute atomic E-state index is 6.66. The van der Waals surface area contributed by atoms with Gasteiger partial charge in [-0.05, 0) is 56.9 Å². The fourth-order valence-electron chi connectivity index (χ4n) is 6.45. The van der Waals surface area contributed by atoms with Crippen LogP contribution in [0.4, 0.5) is 11.5 Å². The molecule has 11 heteroatoms. The van der Waals surface area contributed by atoms with E-state index in [-0.39, 0.29) is 11.5 Å². The maximum atomic E-state index is 6.66. The molecule has 3 aromatic rings. The highest BCUT2D eigenvalue weighted by Gasteiger charge is 2.30. The number of aromatic nitrogens is 4. The standard InChI is InChI=1S/C34H56N8O2Si/c1-25-10-11-30-28(21-36-42(30)24-43-18-19-45(7,8)9)31(25)41-15-12-27-29(23-41)37-33(38-32(27)40-16-13-35-14-17-40)44-26(22-39(5)6)20-34(2,3)4/h10-11,21,26,35H,12-20,22-24H2,1-9H3/t26-/m1/s1. The van der Waals surface area contributed by atoms with E-state index in [4.69, 9.17) is 24.5 Å². The van der Waals surface area contributed by atoms with Crippen molar-refractivity contribution in [1.29, 1.82) is 0 Å². The summed E-state index contributed by atoms with van der Waals surface area (Å²) in [6.07, 6.45) is 3.83. The lowest BCUT2D eigenvalue weighted by molar-refractivity contribution is 0.0817. The van der Waals surface area contributed by atoms with Gasteiger partial charge in [0, 0.05) is 64.9 Å². The highest BCUT2D eigenvalue weighted by atomic mass is 28.3. The Morgan fingerprint density at radius 3 is 2.49 bits per heavy atom. The van der Waals surface area contributed by atoms with Crippen molar-refractivity contribution in [3.05, 3.63) is 35.2 Å². The Morgan fingerprint density at radius 2 is 1.80 bits per heavy atom. The number of aryl methyl sites for hydroxylation is 1. The van der Waals surface area contributed by atoms with Crippen LogP contribution in [0.1, 0.15) is 44.0 Å². The SMILES string of the molecule is Cc1ccc2c(cnn2COCC[Si](C)(C)C)c1N1CCc2c(nc(O[C@@H](CN(C)C)CC(C)(C)C)nc2N2CCNCC2)C1. The molecular formula is C34H56N8O2Si. The molecule has 1 saturated heterocycles. The molecule has 0 radical (unpaired) electrons. The summed E-state index contributed by atoms with van der Waals surface area (Å²) in [7, 11) is 3.06. The molecule has 1 aromatic carbocycles.